The van der Waals surface area contributed by atoms with E-state index >= 15 is 0 Å². The highest BCUT2D eigenvalue weighted by Gasteiger charge is 2.16. The van der Waals surface area contributed by atoms with Gasteiger partial charge in [0.2, 0.25) is 0 Å². The summed E-state index contributed by atoms with van der Waals surface area (Å²) in [6, 6.07) is 7.48. The SMILES string of the molecule is CCCc1cc(C(=O)Nc2nc(-c3ccc4c(c3)OCCO4)cs2)n[nH]1. The molecule has 0 saturated heterocycles. The molecule has 26 heavy (non-hydrogen) atoms. The summed E-state index contributed by atoms with van der Waals surface area (Å²) in [6.07, 6.45) is 1.86. The molecule has 8 heteroatoms. The second-order valence-electron chi connectivity index (χ2n) is 5.88. The van der Waals surface area contributed by atoms with Crippen molar-refractivity contribution in [2.45, 2.75) is 19.8 Å². The summed E-state index contributed by atoms with van der Waals surface area (Å²) in [6.45, 7) is 3.18. The minimum absolute atomic E-state index is 0.272. The number of hydrogen-bond acceptors (Lipinski definition) is 6. The summed E-state index contributed by atoms with van der Waals surface area (Å²) in [5.74, 6) is 1.18. The largest absolute Gasteiger partial charge is 0.486 e. The van der Waals surface area contributed by atoms with Gasteiger partial charge in [-0.2, -0.15) is 5.10 Å². The summed E-state index contributed by atoms with van der Waals surface area (Å²) < 4.78 is 11.1. The third kappa shape index (κ3) is 3.41. The zero-order valence-corrected chi connectivity index (χ0v) is 15.1. The number of aromatic amines is 1. The summed E-state index contributed by atoms with van der Waals surface area (Å²) in [5.41, 5.74) is 3.00. The smallest absolute Gasteiger partial charge is 0.277 e. The second-order valence-corrected chi connectivity index (χ2v) is 6.74. The molecule has 0 atom stereocenters. The van der Waals surface area contributed by atoms with Crippen molar-refractivity contribution in [1.82, 2.24) is 15.2 Å². The van der Waals surface area contributed by atoms with Crippen molar-refractivity contribution in [1.29, 1.82) is 0 Å². The third-order valence-electron chi connectivity index (χ3n) is 3.95. The molecule has 2 N–H and O–H groups in total. The lowest BCUT2D eigenvalue weighted by molar-refractivity contribution is 0.102. The van der Waals surface area contributed by atoms with Crippen molar-refractivity contribution in [2.24, 2.45) is 0 Å². The third-order valence-corrected chi connectivity index (χ3v) is 4.70. The lowest BCUT2D eigenvalue weighted by atomic mass is 10.1. The second kappa shape index (κ2) is 7.17. The first-order valence-corrected chi connectivity index (χ1v) is 9.32. The number of hydrogen-bond donors (Lipinski definition) is 2. The van der Waals surface area contributed by atoms with E-state index in [1.165, 1.54) is 11.3 Å². The molecule has 7 nitrogen and oxygen atoms in total. The first kappa shape index (κ1) is 16.6. The number of nitrogens with zero attached hydrogens (tertiary/aromatic N) is 2. The molecule has 3 heterocycles. The molecule has 0 aliphatic carbocycles. The summed E-state index contributed by atoms with van der Waals surface area (Å²) in [7, 11) is 0. The fraction of sp³-hybridized carbons (Fsp3) is 0.278. The number of rotatable bonds is 5. The van der Waals surface area contributed by atoms with E-state index in [9.17, 15) is 4.79 Å². The summed E-state index contributed by atoms with van der Waals surface area (Å²) in [4.78, 5) is 16.8. The van der Waals surface area contributed by atoms with Crippen LogP contribution < -0.4 is 14.8 Å². The predicted octanol–water partition coefficient (Wildman–Crippen LogP) is 3.51. The topological polar surface area (TPSA) is 89.1 Å². The van der Waals surface area contributed by atoms with Crippen molar-refractivity contribution >= 4 is 22.4 Å². The van der Waals surface area contributed by atoms with Crippen LogP contribution in [0.25, 0.3) is 11.3 Å². The highest BCUT2D eigenvalue weighted by atomic mass is 32.1. The lowest BCUT2D eigenvalue weighted by Gasteiger charge is -2.18. The van der Waals surface area contributed by atoms with Crippen molar-refractivity contribution in [3.05, 3.63) is 41.0 Å². The number of carbonyl (C=O) groups is 1. The molecule has 134 valence electrons. The van der Waals surface area contributed by atoms with Gasteiger partial charge < -0.3 is 9.47 Å². The average molecular weight is 370 g/mol. The number of thiazole rings is 1. The number of anilines is 1. The normalized spacial score (nSPS) is 12.8. The molecule has 4 rings (SSSR count). The molecule has 0 fully saturated rings. The Balaban J connectivity index is 1.48. The Morgan fingerprint density at radius 3 is 2.96 bits per heavy atom. The maximum atomic E-state index is 12.3. The van der Waals surface area contributed by atoms with Gasteiger partial charge in [0.15, 0.2) is 22.3 Å². The number of ether oxygens (including phenoxy) is 2. The van der Waals surface area contributed by atoms with Crippen LogP contribution in [-0.4, -0.2) is 34.3 Å². The highest BCUT2D eigenvalue weighted by Crippen LogP contribution is 2.35. The van der Waals surface area contributed by atoms with Crippen LogP contribution in [0.4, 0.5) is 5.13 Å². The molecule has 0 radical (unpaired) electrons. The number of nitrogens with one attached hydrogen (secondary N) is 2. The van der Waals surface area contributed by atoms with Gasteiger partial charge >= 0.3 is 0 Å². The van der Waals surface area contributed by atoms with Crippen molar-refractivity contribution in [3.8, 4) is 22.8 Å². The number of fused-ring (bicyclic) bond motifs is 1. The van der Waals surface area contributed by atoms with E-state index < -0.39 is 0 Å². The molecule has 0 spiro atoms. The van der Waals surface area contributed by atoms with E-state index in [4.69, 9.17) is 9.47 Å². The Morgan fingerprint density at radius 2 is 2.12 bits per heavy atom. The number of aryl methyl sites for hydroxylation is 1. The minimum Gasteiger partial charge on any atom is -0.486 e. The standard InChI is InChI=1S/C18H18N4O3S/c1-2-3-12-9-13(22-21-12)17(23)20-18-19-14(10-26-18)11-4-5-15-16(8-11)25-7-6-24-15/h4-5,8-10H,2-3,6-7H2,1H3,(H,21,22)(H,19,20,23). The van der Waals surface area contributed by atoms with Gasteiger partial charge in [0.25, 0.3) is 5.91 Å². The summed E-state index contributed by atoms with van der Waals surface area (Å²) >= 11 is 1.37. The highest BCUT2D eigenvalue weighted by molar-refractivity contribution is 7.14. The average Bonchev–Trinajstić information content (AvgIpc) is 3.31. The van der Waals surface area contributed by atoms with E-state index in [1.54, 1.807) is 6.07 Å². The Labute approximate surface area is 154 Å². The molecular formula is C18H18N4O3S. The zero-order chi connectivity index (χ0) is 17.9. The molecule has 0 saturated carbocycles. The van der Waals surface area contributed by atoms with Gasteiger partial charge in [-0.3, -0.25) is 15.2 Å². The zero-order valence-electron chi connectivity index (χ0n) is 14.2. The number of carbonyl (C=O) groups excluding carboxylic acids is 1. The van der Waals surface area contributed by atoms with Crippen LogP contribution in [0.5, 0.6) is 11.5 Å². The van der Waals surface area contributed by atoms with Crippen molar-refractivity contribution < 1.29 is 14.3 Å². The van der Waals surface area contributed by atoms with Gasteiger partial charge in [-0.25, -0.2) is 4.98 Å². The summed E-state index contributed by atoms with van der Waals surface area (Å²) in [5, 5.41) is 12.2. The fourth-order valence-corrected chi connectivity index (χ4v) is 3.42. The van der Waals surface area contributed by atoms with E-state index in [0.717, 1.165) is 35.5 Å². The predicted molar refractivity (Wildman–Crippen MR) is 99.1 cm³/mol. The van der Waals surface area contributed by atoms with Crippen LogP contribution in [0.3, 0.4) is 0 Å². The van der Waals surface area contributed by atoms with Crippen LogP contribution in [0.1, 0.15) is 29.5 Å². The Bertz CT molecular complexity index is 934. The molecule has 1 aliphatic heterocycles. The van der Waals surface area contributed by atoms with E-state index in [1.807, 2.05) is 23.6 Å². The van der Waals surface area contributed by atoms with Gasteiger partial charge in [-0.15, -0.1) is 11.3 Å². The Kier molecular flexibility index (Phi) is 4.57. The van der Waals surface area contributed by atoms with E-state index in [2.05, 4.69) is 27.4 Å². The molecule has 1 aromatic carbocycles. The van der Waals surface area contributed by atoms with Crippen molar-refractivity contribution in [3.63, 3.8) is 0 Å². The van der Waals surface area contributed by atoms with Gasteiger partial charge in [0.1, 0.15) is 13.2 Å². The number of amides is 1. The maximum Gasteiger partial charge on any atom is 0.277 e. The molecule has 0 bridgehead atoms. The molecule has 1 amide bonds. The monoisotopic (exact) mass is 370 g/mol. The van der Waals surface area contributed by atoms with Gasteiger partial charge in [-0.05, 0) is 30.7 Å². The quantitative estimate of drug-likeness (QED) is 0.717. The molecular weight excluding hydrogens is 352 g/mol. The Morgan fingerprint density at radius 1 is 1.27 bits per heavy atom. The van der Waals surface area contributed by atoms with Crippen LogP contribution in [0.2, 0.25) is 0 Å². The maximum absolute atomic E-state index is 12.3. The van der Waals surface area contributed by atoms with Crippen LogP contribution in [0.15, 0.2) is 29.6 Å². The lowest BCUT2D eigenvalue weighted by Crippen LogP contribution is -2.15. The molecule has 0 unspecified atom stereocenters. The molecule has 2 aromatic heterocycles. The van der Waals surface area contributed by atoms with Gasteiger partial charge in [-0.1, -0.05) is 13.3 Å². The first-order chi connectivity index (χ1) is 12.7. The minimum atomic E-state index is -0.272. The number of aromatic nitrogens is 3. The molecule has 1 aliphatic rings. The van der Waals surface area contributed by atoms with Crippen LogP contribution >= 0.6 is 11.3 Å². The van der Waals surface area contributed by atoms with Crippen molar-refractivity contribution in [2.75, 3.05) is 18.5 Å². The number of benzene rings is 1. The van der Waals surface area contributed by atoms with E-state index in [0.29, 0.717) is 29.8 Å². The number of H-pyrrole nitrogens is 1. The van der Waals surface area contributed by atoms with Crippen LogP contribution in [-0.2, 0) is 6.42 Å². The Hall–Kier alpha value is -2.87. The molecule has 3 aromatic rings. The fourth-order valence-electron chi connectivity index (χ4n) is 2.70. The van der Waals surface area contributed by atoms with Gasteiger partial charge in [0.05, 0.1) is 5.69 Å². The van der Waals surface area contributed by atoms with E-state index in [-0.39, 0.29) is 5.91 Å². The van der Waals surface area contributed by atoms with Crippen LogP contribution in [0, 0.1) is 0 Å². The first-order valence-electron chi connectivity index (χ1n) is 8.44. The van der Waals surface area contributed by atoms with Gasteiger partial charge in [0, 0.05) is 16.6 Å².